The molecule has 23 heavy (non-hydrogen) atoms. The molecule has 0 spiro atoms. The Labute approximate surface area is 141 Å². The van der Waals surface area contributed by atoms with Gasteiger partial charge in [-0.25, -0.2) is 4.98 Å². The number of thiazole rings is 1. The molecule has 122 valence electrons. The van der Waals surface area contributed by atoms with Crippen LogP contribution >= 0.6 is 11.3 Å². The van der Waals surface area contributed by atoms with Gasteiger partial charge in [-0.2, -0.15) is 0 Å². The number of nitrogens with zero attached hydrogens (tertiary/aromatic N) is 2. The zero-order chi connectivity index (χ0) is 16.8. The van der Waals surface area contributed by atoms with Crippen LogP contribution in [0.3, 0.4) is 0 Å². The molecule has 1 heterocycles. The van der Waals surface area contributed by atoms with Crippen molar-refractivity contribution in [3.05, 3.63) is 48.5 Å². The van der Waals surface area contributed by atoms with E-state index in [-0.39, 0.29) is 12.5 Å². The molecule has 0 atom stereocenters. The maximum atomic E-state index is 12.2. The number of nitrogens with one attached hydrogen (secondary N) is 1. The maximum Gasteiger partial charge on any atom is 0.242 e. The third-order valence-electron chi connectivity index (χ3n) is 3.39. The van der Waals surface area contributed by atoms with Crippen LogP contribution in [0.5, 0.6) is 0 Å². The molecule has 1 amide bonds. The number of benzene rings is 1. The van der Waals surface area contributed by atoms with Gasteiger partial charge in [0, 0.05) is 24.7 Å². The number of anilines is 1. The second-order valence-corrected chi connectivity index (χ2v) is 6.68. The van der Waals surface area contributed by atoms with Crippen LogP contribution in [0.15, 0.2) is 43.5 Å². The van der Waals surface area contributed by atoms with E-state index in [9.17, 15) is 4.79 Å². The molecule has 0 aliphatic heterocycles. The highest BCUT2D eigenvalue weighted by molar-refractivity contribution is 7.18. The van der Waals surface area contributed by atoms with E-state index in [1.54, 1.807) is 28.4 Å². The molecule has 0 fully saturated rings. The van der Waals surface area contributed by atoms with Crippen molar-refractivity contribution in [2.75, 3.05) is 25.0 Å². The molecule has 0 aliphatic carbocycles. The third-order valence-corrected chi connectivity index (χ3v) is 4.71. The second-order valence-electron chi connectivity index (χ2n) is 5.62. The quantitative estimate of drug-likeness (QED) is 0.744. The first kappa shape index (κ1) is 17.2. The van der Waals surface area contributed by atoms with E-state index in [0.29, 0.717) is 19.0 Å². The van der Waals surface area contributed by atoms with Crippen LogP contribution < -0.4 is 5.32 Å². The smallest absolute Gasteiger partial charge is 0.242 e. The van der Waals surface area contributed by atoms with Gasteiger partial charge in [0.1, 0.15) is 0 Å². The van der Waals surface area contributed by atoms with Crippen LogP contribution in [0, 0.1) is 0 Å². The normalized spacial score (nSPS) is 10.7. The first-order valence-corrected chi connectivity index (χ1v) is 8.50. The first-order valence-electron chi connectivity index (χ1n) is 7.69. The minimum atomic E-state index is 0.0251. The van der Waals surface area contributed by atoms with E-state index < -0.39 is 0 Å². The number of carbonyl (C=O) groups excluding carboxylic acids is 1. The van der Waals surface area contributed by atoms with Crippen molar-refractivity contribution in [2.24, 2.45) is 0 Å². The topological polar surface area (TPSA) is 45.2 Å². The molecule has 0 radical (unpaired) electrons. The molecular weight excluding hydrogens is 306 g/mol. The average molecular weight is 329 g/mol. The lowest BCUT2D eigenvalue weighted by molar-refractivity contribution is -0.128. The molecule has 1 aromatic heterocycles. The Morgan fingerprint density at radius 3 is 2.65 bits per heavy atom. The largest absolute Gasteiger partial charge is 0.376 e. The fraction of sp³-hybridized carbons (Fsp3) is 0.333. The summed E-state index contributed by atoms with van der Waals surface area (Å²) in [6, 6.07) is 6.01. The molecule has 0 unspecified atom stereocenters. The van der Waals surface area contributed by atoms with Crippen molar-refractivity contribution in [3.8, 4) is 0 Å². The Kier molecular flexibility index (Phi) is 5.93. The van der Waals surface area contributed by atoms with Crippen molar-refractivity contribution in [1.82, 2.24) is 9.88 Å². The van der Waals surface area contributed by atoms with Crippen molar-refractivity contribution < 1.29 is 4.79 Å². The highest BCUT2D eigenvalue weighted by atomic mass is 32.1. The summed E-state index contributed by atoms with van der Waals surface area (Å²) in [6.45, 7) is 12.9. The lowest BCUT2D eigenvalue weighted by Gasteiger charge is -2.19. The predicted molar refractivity (Wildman–Crippen MR) is 99.2 cm³/mol. The number of rotatable bonds is 8. The molecular formula is C18H23N3OS. The molecule has 0 saturated carbocycles. The lowest BCUT2D eigenvalue weighted by atomic mass is 10.2. The summed E-state index contributed by atoms with van der Waals surface area (Å²) in [5.41, 5.74) is 1.94. The van der Waals surface area contributed by atoms with Gasteiger partial charge >= 0.3 is 0 Å². The number of carbonyl (C=O) groups is 1. The Morgan fingerprint density at radius 1 is 1.35 bits per heavy atom. The van der Waals surface area contributed by atoms with Crippen LogP contribution in [-0.2, 0) is 4.79 Å². The zero-order valence-electron chi connectivity index (χ0n) is 13.7. The Hall–Kier alpha value is -2.14. The molecule has 1 N–H and O–H groups in total. The number of amides is 1. The maximum absolute atomic E-state index is 12.2. The Bertz CT molecular complexity index is 695. The van der Waals surface area contributed by atoms with Crippen LogP contribution in [0.2, 0.25) is 0 Å². The molecule has 5 heteroatoms. The lowest BCUT2D eigenvalue weighted by Crippen LogP contribution is -2.35. The fourth-order valence-electron chi connectivity index (χ4n) is 2.18. The fourth-order valence-corrected chi connectivity index (χ4v) is 3.19. The van der Waals surface area contributed by atoms with Gasteiger partial charge in [0.05, 0.1) is 21.8 Å². The van der Waals surface area contributed by atoms with E-state index in [0.717, 1.165) is 20.9 Å². The Morgan fingerprint density at radius 2 is 2.04 bits per heavy atom. The summed E-state index contributed by atoms with van der Waals surface area (Å²) in [5.74, 6) is 0.453. The summed E-state index contributed by atoms with van der Waals surface area (Å²) in [4.78, 5) is 18.5. The van der Waals surface area contributed by atoms with E-state index in [1.807, 2.05) is 12.1 Å². The molecule has 0 bridgehead atoms. The number of hydrogen-bond donors (Lipinski definition) is 1. The monoisotopic (exact) mass is 329 g/mol. The van der Waals surface area contributed by atoms with E-state index >= 15 is 0 Å². The van der Waals surface area contributed by atoms with Crippen LogP contribution in [0.1, 0.15) is 24.8 Å². The highest BCUT2D eigenvalue weighted by Gasteiger charge is 2.11. The summed E-state index contributed by atoms with van der Waals surface area (Å²) in [5, 5.41) is 4.33. The van der Waals surface area contributed by atoms with E-state index in [4.69, 9.17) is 0 Å². The summed E-state index contributed by atoms with van der Waals surface area (Å²) >= 11 is 1.70. The van der Waals surface area contributed by atoms with Crippen molar-refractivity contribution >= 4 is 33.1 Å². The molecule has 0 aliphatic rings. The van der Waals surface area contributed by atoms with Gasteiger partial charge in [0.25, 0.3) is 0 Å². The van der Waals surface area contributed by atoms with Crippen LogP contribution in [0.25, 0.3) is 10.2 Å². The van der Waals surface area contributed by atoms with E-state index in [1.165, 1.54) is 0 Å². The number of hydrogen-bond acceptors (Lipinski definition) is 4. The molecule has 2 rings (SSSR count). The van der Waals surface area contributed by atoms with Crippen LogP contribution in [0.4, 0.5) is 5.69 Å². The van der Waals surface area contributed by atoms with Gasteiger partial charge in [-0.15, -0.1) is 24.5 Å². The van der Waals surface area contributed by atoms with E-state index in [2.05, 4.69) is 43.4 Å². The molecule has 0 saturated heterocycles. The van der Waals surface area contributed by atoms with Crippen molar-refractivity contribution in [3.63, 3.8) is 0 Å². The second kappa shape index (κ2) is 7.92. The highest BCUT2D eigenvalue weighted by Crippen LogP contribution is 2.29. The van der Waals surface area contributed by atoms with Crippen LogP contribution in [-0.4, -0.2) is 35.4 Å². The Balaban J connectivity index is 2.04. The minimum absolute atomic E-state index is 0.0251. The molecule has 1 aromatic carbocycles. The summed E-state index contributed by atoms with van der Waals surface area (Å²) < 4.78 is 1.14. The van der Waals surface area contributed by atoms with Crippen molar-refractivity contribution in [2.45, 2.75) is 19.8 Å². The SMILES string of the molecule is C=CCN(CC=C)C(=O)CNc1ccc2nc(C(C)C)sc2c1. The standard InChI is InChI=1S/C18H23N3OS/c1-5-9-21(10-6-2)17(22)12-19-14-7-8-15-16(11-14)23-18(20-15)13(3)4/h5-8,11,13,19H,1-2,9-10,12H2,3-4H3. The minimum Gasteiger partial charge on any atom is -0.376 e. The first-order chi connectivity index (χ1) is 11.0. The van der Waals surface area contributed by atoms with Gasteiger partial charge in [-0.3, -0.25) is 4.79 Å². The van der Waals surface area contributed by atoms with Gasteiger partial charge in [0.15, 0.2) is 0 Å². The summed E-state index contributed by atoms with van der Waals surface area (Å²) in [7, 11) is 0. The van der Waals surface area contributed by atoms with Gasteiger partial charge in [-0.1, -0.05) is 26.0 Å². The number of fused-ring (bicyclic) bond motifs is 1. The summed E-state index contributed by atoms with van der Waals surface area (Å²) in [6.07, 6.45) is 3.44. The zero-order valence-corrected chi connectivity index (χ0v) is 14.5. The number of aromatic nitrogens is 1. The predicted octanol–water partition coefficient (Wildman–Crippen LogP) is 4.03. The van der Waals surface area contributed by atoms with Gasteiger partial charge in [0.2, 0.25) is 5.91 Å². The van der Waals surface area contributed by atoms with Gasteiger partial charge in [-0.05, 0) is 18.2 Å². The average Bonchev–Trinajstić information content (AvgIpc) is 2.96. The van der Waals surface area contributed by atoms with Crippen molar-refractivity contribution in [1.29, 1.82) is 0 Å². The third kappa shape index (κ3) is 4.42. The molecule has 2 aromatic rings. The van der Waals surface area contributed by atoms with Gasteiger partial charge < -0.3 is 10.2 Å². The molecule has 4 nitrogen and oxygen atoms in total.